The molecule has 1 aliphatic rings. The van der Waals surface area contributed by atoms with Gasteiger partial charge in [-0.2, -0.15) is 0 Å². The van der Waals surface area contributed by atoms with E-state index in [4.69, 9.17) is 15.2 Å². The van der Waals surface area contributed by atoms with Crippen molar-refractivity contribution in [1.82, 2.24) is 5.32 Å². The first-order chi connectivity index (χ1) is 12.3. The standard InChI is InChI=1S/C16H15N3O6S/c17-15(20)8-18-16(21)10-2-1-3-12(6-10)26(22,23)19-11-4-5-13-14(7-11)25-9-24-13/h1-7,19H,8-9H2,(H2,17,20)(H,18,21). The van der Waals surface area contributed by atoms with Crippen molar-refractivity contribution in [2.75, 3.05) is 18.1 Å². The van der Waals surface area contributed by atoms with Gasteiger partial charge in [0.15, 0.2) is 11.5 Å². The predicted octanol–water partition coefficient (Wildman–Crippen LogP) is 0.431. The third-order valence-electron chi connectivity index (χ3n) is 3.45. The van der Waals surface area contributed by atoms with Gasteiger partial charge in [-0.25, -0.2) is 8.42 Å². The second-order valence-electron chi connectivity index (χ2n) is 5.35. The van der Waals surface area contributed by atoms with Crippen LogP contribution in [0, 0.1) is 0 Å². The first-order valence-corrected chi connectivity index (χ1v) is 8.92. The first kappa shape index (κ1) is 17.5. The molecule has 0 fully saturated rings. The van der Waals surface area contributed by atoms with Crippen LogP contribution < -0.4 is 25.2 Å². The zero-order chi connectivity index (χ0) is 18.7. The molecule has 3 rings (SSSR count). The molecule has 0 bridgehead atoms. The lowest BCUT2D eigenvalue weighted by atomic mass is 10.2. The van der Waals surface area contributed by atoms with Crippen LogP contribution in [0.15, 0.2) is 47.4 Å². The van der Waals surface area contributed by atoms with Crippen LogP contribution >= 0.6 is 0 Å². The number of carbonyl (C=O) groups is 2. The Kier molecular flexibility index (Phi) is 4.67. The van der Waals surface area contributed by atoms with E-state index >= 15 is 0 Å². The number of hydrogen-bond donors (Lipinski definition) is 3. The van der Waals surface area contributed by atoms with Gasteiger partial charge >= 0.3 is 0 Å². The zero-order valence-electron chi connectivity index (χ0n) is 13.4. The van der Waals surface area contributed by atoms with Crippen LogP contribution in [0.5, 0.6) is 11.5 Å². The molecule has 10 heteroatoms. The Labute approximate surface area is 149 Å². The Morgan fingerprint density at radius 3 is 2.62 bits per heavy atom. The molecule has 0 spiro atoms. The molecule has 2 aromatic carbocycles. The van der Waals surface area contributed by atoms with Gasteiger partial charge < -0.3 is 20.5 Å². The lowest BCUT2D eigenvalue weighted by Gasteiger charge is -2.10. The number of rotatable bonds is 6. The first-order valence-electron chi connectivity index (χ1n) is 7.44. The summed E-state index contributed by atoms with van der Waals surface area (Å²) in [5.74, 6) is -0.346. The lowest BCUT2D eigenvalue weighted by Crippen LogP contribution is -2.33. The molecular weight excluding hydrogens is 362 g/mol. The summed E-state index contributed by atoms with van der Waals surface area (Å²) in [6.07, 6.45) is 0. The molecule has 0 saturated carbocycles. The molecule has 0 saturated heterocycles. The number of nitrogens with one attached hydrogen (secondary N) is 2. The van der Waals surface area contributed by atoms with E-state index in [-0.39, 0.29) is 29.5 Å². The summed E-state index contributed by atoms with van der Waals surface area (Å²) >= 11 is 0. The minimum atomic E-state index is -3.94. The summed E-state index contributed by atoms with van der Waals surface area (Å²) in [5.41, 5.74) is 5.34. The molecule has 2 amide bonds. The Balaban J connectivity index is 1.80. The van der Waals surface area contributed by atoms with Crippen molar-refractivity contribution >= 4 is 27.5 Å². The molecule has 2 aromatic rings. The van der Waals surface area contributed by atoms with E-state index in [1.807, 2.05) is 0 Å². The van der Waals surface area contributed by atoms with Crippen molar-refractivity contribution in [2.24, 2.45) is 5.73 Å². The summed E-state index contributed by atoms with van der Waals surface area (Å²) < 4.78 is 37.9. The van der Waals surface area contributed by atoms with E-state index in [2.05, 4.69) is 10.0 Å². The topological polar surface area (TPSA) is 137 Å². The van der Waals surface area contributed by atoms with Crippen LogP contribution in [-0.2, 0) is 14.8 Å². The normalized spacial score (nSPS) is 12.5. The maximum absolute atomic E-state index is 12.6. The fourth-order valence-corrected chi connectivity index (χ4v) is 3.34. The van der Waals surface area contributed by atoms with Crippen molar-refractivity contribution in [3.05, 3.63) is 48.0 Å². The highest BCUT2D eigenvalue weighted by Gasteiger charge is 2.19. The number of amides is 2. The van der Waals surface area contributed by atoms with Crippen LogP contribution in [0.4, 0.5) is 5.69 Å². The Morgan fingerprint density at radius 1 is 1.08 bits per heavy atom. The fourth-order valence-electron chi connectivity index (χ4n) is 2.25. The van der Waals surface area contributed by atoms with Gasteiger partial charge in [-0.15, -0.1) is 0 Å². The van der Waals surface area contributed by atoms with Crippen LogP contribution in [0.1, 0.15) is 10.4 Å². The van der Waals surface area contributed by atoms with Crippen molar-refractivity contribution in [2.45, 2.75) is 4.90 Å². The van der Waals surface area contributed by atoms with Gasteiger partial charge in [0.25, 0.3) is 15.9 Å². The van der Waals surface area contributed by atoms with E-state index in [1.54, 1.807) is 6.07 Å². The Bertz CT molecular complexity index is 974. The number of nitrogens with two attached hydrogens (primary N) is 1. The third-order valence-corrected chi connectivity index (χ3v) is 4.83. The number of hydrogen-bond acceptors (Lipinski definition) is 6. The quantitative estimate of drug-likeness (QED) is 0.668. The van der Waals surface area contributed by atoms with Crippen LogP contribution in [0.2, 0.25) is 0 Å². The van der Waals surface area contributed by atoms with Crippen LogP contribution in [0.3, 0.4) is 0 Å². The van der Waals surface area contributed by atoms with Gasteiger partial charge in [-0.05, 0) is 30.3 Å². The van der Waals surface area contributed by atoms with Crippen molar-refractivity contribution < 1.29 is 27.5 Å². The monoisotopic (exact) mass is 377 g/mol. The van der Waals surface area contributed by atoms with E-state index in [0.717, 1.165) is 0 Å². The average molecular weight is 377 g/mol. The second kappa shape index (κ2) is 6.92. The van der Waals surface area contributed by atoms with Crippen LogP contribution in [-0.4, -0.2) is 33.6 Å². The highest BCUT2D eigenvalue weighted by Crippen LogP contribution is 2.34. The van der Waals surface area contributed by atoms with Crippen molar-refractivity contribution in [1.29, 1.82) is 0 Å². The highest BCUT2D eigenvalue weighted by atomic mass is 32.2. The minimum absolute atomic E-state index is 0.0774. The SMILES string of the molecule is NC(=O)CNC(=O)c1cccc(S(=O)(=O)Nc2ccc3c(c2)OCO3)c1. The smallest absolute Gasteiger partial charge is 0.261 e. The van der Waals surface area contributed by atoms with Gasteiger partial charge in [0.05, 0.1) is 17.1 Å². The van der Waals surface area contributed by atoms with Crippen molar-refractivity contribution in [3.8, 4) is 11.5 Å². The van der Waals surface area contributed by atoms with E-state index in [0.29, 0.717) is 11.5 Å². The number of anilines is 1. The molecule has 0 unspecified atom stereocenters. The molecule has 4 N–H and O–H groups in total. The third kappa shape index (κ3) is 3.86. The van der Waals surface area contributed by atoms with Crippen molar-refractivity contribution in [3.63, 3.8) is 0 Å². The minimum Gasteiger partial charge on any atom is -0.454 e. The summed E-state index contributed by atoms with van der Waals surface area (Å²) in [4.78, 5) is 22.6. The number of fused-ring (bicyclic) bond motifs is 1. The Hall–Kier alpha value is -3.27. The van der Waals surface area contributed by atoms with E-state index < -0.39 is 21.8 Å². The molecule has 0 aliphatic carbocycles. The molecule has 0 aromatic heterocycles. The summed E-state index contributed by atoms with van der Waals surface area (Å²) in [7, 11) is -3.94. The Morgan fingerprint density at radius 2 is 1.85 bits per heavy atom. The second-order valence-corrected chi connectivity index (χ2v) is 7.03. The molecule has 1 aliphatic heterocycles. The summed E-state index contributed by atoms with van der Waals surface area (Å²) in [6.45, 7) is -0.265. The number of ether oxygens (including phenoxy) is 2. The fraction of sp³-hybridized carbons (Fsp3) is 0.125. The van der Waals surface area contributed by atoms with Gasteiger partial charge in [0.2, 0.25) is 12.7 Å². The number of carbonyl (C=O) groups excluding carboxylic acids is 2. The van der Waals surface area contributed by atoms with Gasteiger partial charge in [0, 0.05) is 11.6 Å². The summed E-state index contributed by atoms with van der Waals surface area (Å²) in [6, 6.07) is 10.0. The molecule has 9 nitrogen and oxygen atoms in total. The summed E-state index contributed by atoms with van der Waals surface area (Å²) in [5, 5.41) is 2.30. The van der Waals surface area contributed by atoms with Crippen LogP contribution in [0.25, 0.3) is 0 Å². The number of benzene rings is 2. The van der Waals surface area contributed by atoms with Gasteiger partial charge in [-0.1, -0.05) is 6.07 Å². The maximum Gasteiger partial charge on any atom is 0.261 e. The van der Waals surface area contributed by atoms with Gasteiger partial charge in [0.1, 0.15) is 0 Å². The van der Waals surface area contributed by atoms with E-state index in [9.17, 15) is 18.0 Å². The lowest BCUT2D eigenvalue weighted by molar-refractivity contribution is -0.117. The van der Waals surface area contributed by atoms with Gasteiger partial charge in [-0.3, -0.25) is 14.3 Å². The molecule has 1 heterocycles. The largest absolute Gasteiger partial charge is 0.454 e. The number of primary amides is 1. The molecule has 26 heavy (non-hydrogen) atoms. The molecular formula is C16H15N3O6S. The predicted molar refractivity (Wildman–Crippen MR) is 91.3 cm³/mol. The van der Waals surface area contributed by atoms with E-state index in [1.165, 1.54) is 36.4 Å². The average Bonchev–Trinajstić information content (AvgIpc) is 3.07. The molecule has 0 atom stereocenters. The number of sulfonamides is 1. The maximum atomic E-state index is 12.6. The zero-order valence-corrected chi connectivity index (χ0v) is 14.2. The molecule has 0 radical (unpaired) electrons. The highest BCUT2D eigenvalue weighted by molar-refractivity contribution is 7.92. The molecule has 136 valence electrons.